The Morgan fingerprint density at radius 2 is 1.74 bits per heavy atom. The van der Waals surface area contributed by atoms with Crippen molar-refractivity contribution in [1.82, 2.24) is 30.0 Å². The third-order valence-electron chi connectivity index (χ3n) is 8.72. The Labute approximate surface area is 247 Å². The van der Waals surface area contributed by atoms with E-state index in [4.69, 9.17) is 4.74 Å². The lowest BCUT2D eigenvalue weighted by Gasteiger charge is -2.53. The highest BCUT2D eigenvalue weighted by atomic mass is 32.2. The topological polar surface area (TPSA) is 131 Å². The van der Waals surface area contributed by atoms with E-state index in [2.05, 4.69) is 20.6 Å². The Morgan fingerprint density at radius 3 is 2.33 bits per heavy atom. The van der Waals surface area contributed by atoms with Gasteiger partial charge in [-0.2, -0.15) is 0 Å². The van der Waals surface area contributed by atoms with Crippen molar-refractivity contribution in [3.63, 3.8) is 0 Å². The highest BCUT2D eigenvalue weighted by molar-refractivity contribution is 8.18. The van der Waals surface area contributed by atoms with E-state index >= 15 is 0 Å². The third-order valence-corrected chi connectivity index (χ3v) is 12.2. The van der Waals surface area contributed by atoms with Crippen LogP contribution in [0.25, 0.3) is 11.3 Å². The number of aryl methyl sites for hydroxylation is 2. The van der Waals surface area contributed by atoms with Crippen LogP contribution in [0, 0.1) is 24.4 Å². The first kappa shape index (κ1) is 31.8. The molecule has 1 unspecified atom stereocenters. The first-order valence-corrected chi connectivity index (χ1v) is 15.6. The van der Waals surface area contributed by atoms with Gasteiger partial charge in [0.15, 0.2) is 17.5 Å². The number of hydrogen-bond donors (Lipinski definition) is 4. The summed E-state index contributed by atoms with van der Waals surface area (Å²) in [6.45, 7) is 3.47. The molecule has 0 radical (unpaired) electrons. The number of rotatable bonds is 8. The number of halogens is 5. The van der Waals surface area contributed by atoms with Crippen LogP contribution in [0.2, 0.25) is 0 Å². The van der Waals surface area contributed by atoms with Gasteiger partial charge in [0.05, 0.1) is 47.3 Å². The van der Waals surface area contributed by atoms with Crippen LogP contribution in [0.4, 0.5) is 22.0 Å². The molecule has 2 aromatic heterocycles. The summed E-state index contributed by atoms with van der Waals surface area (Å²) < 4.78 is 78.5. The van der Waals surface area contributed by atoms with Crippen LogP contribution >= 0.6 is 10.9 Å². The van der Waals surface area contributed by atoms with E-state index in [1.807, 2.05) is 6.92 Å². The molecular weight excluding hydrogens is 599 g/mol. The molecule has 1 aromatic carbocycles. The van der Waals surface area contributed by atoms with Gasteiger partial charge in [0, 0.05) is 43.1 Å². The zero-order valence-electron chi connectivity index (χ0n) is 23.8. The molecule has 2 aliphatic rings. The summed E-state index contributed by atoms with van der Waals surface area (Å²) in [4.78, 5) is 0. The summed E-state index contributed by atoms with van der Waals surface area (Å²) in [5.41, 5.74) is -0.555. The van der Waals surface area contributed by atoms with Crippen LogP contribution in [0.1, 0.15) is 55.3 Å². The number of methoxy groups -OCH3 is 1. The minimum Gasteiger partial charge on any atom is -0.395 e. The summed E-state index contributed by atoms with van der Waals surface area (Å²) in [7, 11) is -0.139. The molecule has 3 heterocycles. The number of alkyl halides is 2. The van der Waals surface area contributed by atoms with E-state index in [0.29, 0.717) is 17.9 Å². The normalized spacial score (nSPS) is 28.6. The SMILES string of the molecule is CCn1nnc(C)c1[C@H]([SH]1C[C@H](OC)[C@@H](n2cc(-c3cc(F)c(F)c(F)c3)nn2)[C@@H](O)[C@H]1CO)C1(O)CCC(F)(F)CC1. The molecule has 238 valence electrons. The van der Waals surface area contributed by atoms with Gasteiger partial charge in [0.2, 0.25) is 5.92 Å². The number of benzene rings is 1. The second-order valence-corrected chi connectivity index (χ2v) is 13.9. The summed E-state index contributed by atoms with van der Waals surface area (Å²) in [6.07, 6.45) is -2.12. The predicted octanol–water partition coefficient (Wildman–Crippen LogP) is 3.26. The van der Waals surface area contributed by atoms with E-state index in [1.165, 1.54) is 18.0 Å². The van der Waals surface area contributed by atoms with Crippen LogP contribution < -0.4 is 0 Å². The van der Waals surface area contributed by atoms with E-state index < -0.39 is 88.1 Å². The van der Waals surface area contributed by atoms with Gasteiger partial charge in [0.1, 0.15) is 11.7 Å². The second kappa shape index (κ2) is 12.0. The summed E-state index contributed by atoms with van der Waals surface area (Å²) in [5.74, 6) is -7.10. The lowest BCUT2D eigenvalue weighted by atomic mass is 9.79. The van der Waals surface area contributed by atoms with Crippen LogP contribution in [-0.2, 0) is 11.3 Å². The second-order valence-electron chi connectivity index (χ2n) is 11.3. The van der Waals surface area contributed by atoms with Crippen molar-refractivity contribution in [3.8, 4) is 11.3 Å². The molecule has 10 nitrogen and oxygen atoms in total. The highest BCUT2D eigenvalue weighted by Gasteiger charge is 2.55. The number of aliphatic hydroxyl groups is 3. The first-order chi connectivity index (χ1) is 20.3. The fourth-order valence-corrected chi connectivity index (χ4v) is 10.4. The number of ether oxygens (including phenoxy) is 1. The molecule has 5 rings (SSSR count). The van der Waals surface area contributed by atoms with Gasteiger partial charge in [-0.05, 0) is 38.8 Å². The fourth-order valence-electron chi connectivity index (χ4n) is 6.43. The Kier molecular flexibility index (Phi) is 8.88. The maximum atomic E-state index is 14.3. The van der Waals surface area contributed by atoms with Crippen molar-refractivity contribution < 1.29 is 42.0 Å². The van der Waals surface area contributed by atoms with Crippen LogP contribution in [0.3, 0.4) is 0 Å². The van der Waals surface area contributed by atoms with E-state index in [1.54, 1.807) is 11.6 Å². The Hall–Kier alpha value is -2.66. The predicted molar refractivity (Wildman–Crippen MR) is 147 cm³/mol. The van der Waals surface area contributed by atoms with Crippen LogP contribution in [-0.4, -0.2) is 93.8 Å². The lowest BCUT2D eigenvalue weighted by molar-refractivity contribution is -0.105. The van der Waals surface area contributed by atoms with Gasteiger partial charge in [-0.1, -0.05) is 10.4 Å². The molecule has 0 spiro atoms. The van der Waals surface area contributed by atoms with E-state index in [-0.39, 0.29) is 29.9 Å². The average molecular weight is 635 g/mol. The van der Waals surface area contributed by atoms with E-state index in [0.717, 1.165) is 12.1 Å². The Bertz CT molecular complexity index is 1420. The van der Waals surface area contributed by atoms with Crippen molar-refractivity contribution in [2.75, 3.05) is 19.5 Å². The van der Waals surface area contributed by atoms with Gasteiger partial charge >= 0.3 is 0 Å². The molecule has 0 amide bonds. The molecule has 1 aliphatic heterocycles. The molecule has 6 atom stereocenters. The zero-order valence-corrected chi connectivity index (χ0v) is 24.7. The van der Waals surface area contributed by atoms with Crippen molar-refractivity contribution in [2.24, 2.45) is 0 Å². The molecule has 0 bridgehead atoms. The molecule has 3 aromatic rings. The van der Waals surface area contributed by atoms with Crippen molar-refractivity contribution in [2.45, 2.75) is 86.3 Å². The standard InChI is InChI=1S/C27H35F5N6O4S/c1-4-37-22(14(2)33-35-37)25(26(41)5-7-27(31,32)8-6-26)43-13-19(42-3)23(24(40)20(43)12-39)38-11-18(34-36-38)15-9-16(28)21(30)17(29)10-15/h9-11,19-20,23-25,39-41,43H,4-8,12-13H2,1-3H3/t19-,20+,23+,24-,25-/m0/s1. The molecule has 3 N–H and O–H groups in total. The quantitative estimate of drug-likeness (QED) is 0.169. The Balaban J connectivity index is 1.54. The minimum atomic E-state index is -2.91. The highest BCUT2D eigenvalue weighted by Crippen LogP contribution is 2.61. The summed E-state index contributed by atoms with van der Waals surface area (Å²) >= 11 is 0. The maximum absolute atomic E-state index is 14.3. The minimum absolute atomic E-state index is 0.0112. The molecule has 1 saturated heterocycles. The van der Waals surface area contributed by atoms with Gasteiger partial charge in [-0.3, -0.25) is 0 Å². The smallest absolute Gasteiger partial charge is 0.248 e. The molecule has 1 saturated carbocycles. The molecular formula is C27H35F5N6O4S. The number of thiol groups is 1. The molecule has 43 heavy (non-hydrogen) atoms. The van der Waals surface area contributed by atoms with Gasteiger partial charge in [0.25, 0.3) is 0 Å². The number of aliphatic hydroxyl groups excluding tert-OH is 2. The third kappa shape index (κ3) is 5.79. The monoisotopic (exact) mass is 634 g/mol. The summed E-state index contributed by atoms with van der Waals surface area (Å²) in [6, 6.07) is 0.637. The average Bonchev–Trinajstić information content (AvgIpc) is 3.60. The Morgan fingerprint density at radius 1 is 1.09 bits per heavy atom. The van der Waals surface area contributed by atoms with Crippen molar-refractivity contribution in [1.29, 1.82) is 0 Å². The fraction of sp³-hybridized carbons (Fsp3) is 0.630. The first-order valence-electron chi connectivity index (χ1n) is 14.0. The molecule has 2 fully saturated rings. The van der Waals surface area contributed by atoms with Crippen LogP contribution in [0.5, 0.6) is 0 Å². The number of hydrogen-bond acceptors (Lipinski definition) is 8. The van der Waals surface area contributed by atoms with Crippen molar-refractivity contribution >= 4 is 10.9 Å². The lowest BCUT2D eigenvalue weighted by Crippen LogP contribution is -2.54. The molecule has 1 aliphatic carbocycles. The van der Waals surface area contributed by atoms with Crippen LogP contribution in [0.15, 0.2) is 18.3 Å². The van der Waals surface area contributed by atoms with Gasteiger partial charge in [-0.15, -0.1) is 10.2 Å². The largest absolute Gasteiger partial charge is 0.395 e. The number of nitrogens with zero attached hydrogens (tertiary/aromatic N) is 6. The maximum Gasteiger partial charge on any atom is 0.248 e. The summed E-state index contributed by atoms with van der Waals surface area (Å²) in [5, 5.41) is 49.2. The van der Waals surface area contributed by atoms with Crippen molar-refractivity contribution in [3.05, 3.63) is 47.2 Å². The van der Waals surface area contributed by atoms with Gasteiger partial charge < -0.3 is 20.1 Å². The van der Waals surface area contributed by atoms with Gasteiger partial charge in [-0.25, -0.2) is 42.2 Å². The zero-order chi connectivity index (χ0) is 31.3. The molecule has 16 heteroatoms. The van der Waals surface area contributed by atoms with E-state index in [9.17, 15) is 37.3 Å². The number of aromatic nitrogens is 6.